The number of benzene rings is 2. The third kappa shape index (κ3) is 4.42. The van der Waals surface area contributed by atoms with Crippen LogP contribution in [0.1, 0.15) is 30.9 Å². The van der Waals surface area contributed by atoms with Crippen LogP contribution in [0.15, 0.2) is 53.3 Å². The molecule has 0 bridgehead atoms. The summed E-state index contributed by atoms with van der Waals surface area (Å²) >= 11 is 0. The molecule has 2 N–H and O–H groups in total. The van der Waals surface area contributed by atoms with Crippen molar-refractivity contribution in [1.29, 1.82) is 0 Å². The molecule has 1 aromatic heterocycles. The molecule has 1 aliphatic rings. The molecule has 1 saturated carbocycles. The molecule has 0 aliphatic heterocycles. The zero-order valence-electron chi connectivity index (χ0n) is 16.7. The lowest BCUT2D eigenvalue weighted by molar-refractivity contribution is 0.206. The fourth-order valence-electron chi connectivity index (χ4n) is 3.37. The molecule has 0 spiro atoms. The summed E-state index contributed by atoms with van der Waals surface area (Å²) in [6.07, 6.45) is 1.92. The number of H-pyrrole nitrogens is 1. The topological polar surface area (TPSA) is 74.4 Å². The maximum Gasteiger partial charge on any atom is 0.322 e. The van der Waals surface area contributed by atoms with E-state index in [1.54, 1.807) is 4.90 Å². The molecular formula is C23H25N3O3. The van der Waals surface area contributed by atoms with Gasteiger partial charge in [0.05, 0.1) is 13.2 Å². The second-order valence-electron chi connectivity index (χ2n) is 7.46. The van der Waals surface area contributed by atoms with Gasteiger partial charge >= 0.3 is 6.03 Å². The van der Waals surface area contributed by atoms with E-state index < -0.39 is 0 Å². The largest absolute Gasteiger partial charge is 0.494 e. The summed E-state index contributed by atoms with van der Waals surface area (Å²) in [6, 6.07) is 15.1. The van der Waals surface area contributed by atoms with Gasteiger partial charge in [0.1, 0.15) is 5.75 Å². The van der Waals surface area contributed by atoms with E-state index in [0.29, 0.717) is 12.2 Å². The molecule has 1 aliphatic carbocycles. The predicted molar refractivity (Wildman–Crippen MR) is 115 cm³/mol. The van der Waals surface area contributed by atoms with Crippen LogP contribution >= 0.6 is 0 Å². The van der Waals surface area contributed by atoms with E-state index in [-0.39, 0.29) is 24.2 Å². The molecule has 1 heterocycles. The standard InChI is InChI=1S/C23H25N3O3/c1-3-29-20-10-11-21-16(13-20)12-17(22(27)25-21)14-26(19-8-9-19)23(28)24-18-6-4-15(2)5-7-18/h4-7,10-13,19H,3,8-9,14H2,1-2H3,(H,24,28)(H,25,27). The van der Waals surface area contributed by atoms with Gasteiger partial charge in [0.25, 0.3) is 5.56 Å². The Morgan fingerprint density at radius 1 is 1.17 bits per heavy atom. The highest BCUT2D eigenvalue weighted by Crippen LogP contribution is 2.29. The highest BCUT2D eigenvalue weighted by molar-refractivity contribution is 5.90. The minimum Gasteiger partial charge on any atom is -0.494 e. The number of rotatable bonds is 6. The van der Waals surface area contributed by atoms with Crippen molar-refractivity contribution < 1.29 is 9.53 Å². The number of aromatic nitrogens is 1. The quantitative estimate of drug-likeness (QED) is 0.653. The van der Waals surface area contributed by atoms with Crippen molar-refractivity contribution in [2.45, 2.75) is 39.3 Å². The second-order valence-corrected chi connectivity index (χ2v) is 7.46. The van der Waals surface area contributed by atoms with Gasteiger partial charge < -0.3 is 19.9 Å². The van der Waals surface area contributed by atoms with E-state index in [4.69, 9.17) is 4.74 Å². The van der Waals surface area contributed by atoms with Crippen LogP contribution in [-0.4, -0.2) is 28.6 Å². The fourth-order valence-corrected chi connectivity index (χ4v) is 3.37. The van der Waals surface area contributed by atoms with Crippen molar-refractivity contribution in [3.05, 3.63) is 70.0 Å². The second kappa shape index (κ2) is 7.99. The van der Waals surface area contributed by atoms with Crippen LogP contribution in [0.3, 0.4) is 0 Å². The number of amides is 2. The summed E-state index contributed by atoms with van der Waals surface area (Å²) in [5.41, 5.74) is 3.04. The smallest absolute Gasteiger partial charge is 0.322 e. The number of aryl methyl sites for hydroxylation is 1. The normalized spacial score (nSPS) is 13.3. The van der Waals surface area contributed by atoms with Crippen LogP contribution in [-0.2, 0) is 6.54 Å². The predicted octanol–water partition coefficient (Wildman–Crippen LogP) is 4.43. The molecule has 29 heavy (non-hydrogen) atoms. The van der Waals surface area contributed by atoms with Gasteiger partial charge in [-0.2, -0.15) is 0 Å². The Morgan fingerprint density at radius 2 is 1.93 bits per heavy atom. The van der Waals surface area contributed by atoms with Gasteiger partial charge in [-0.1, -0.05) is 17.7 Å². The lowest BCUT2D eigenvalue weighted by Gasteiger charge is -2.23. The average molecular weight is 391 g/mol. The molecule has 0 unspecified atom stereocenters. The summed E-state index contributed by atoms with van der Waals surface area (Å²) in [4.78, 5) is 30.1. The van der Waals surface area contributed by atoms with E-state index in [1.165, 1.54) is 0 Å². The van der Waals surface area contributed by atoms with E-state index in [9.17, 15) is 9.59 Å². The van der Waals surface area contributed by atoms with Gasteiger partial charge in [0, 0.05) is 28.2 Å². The molecule has 0 radical (unpaired) electrons. The SMILES string of the molecule is CCOc1ccc2[nH]c(=O)c(CN(C(=O)Nc3ccc(C)cc3)C3CC3)cc2c1. The van der Waals surface area contributed by atoms with Gasteiger partial charge in [-0.15, -0.1) is 0 Å². The monoisotopic (exact) mass is 391 g/mol. The number of hydrogen-bond donors (Lipinski definition) is 2. The number of carbonyl (C=O) groups excluding carboxylic acids is 1. The fraction of sp³-hybridized carbons (Fsp3) is 0.304. The first kappa shape index (κ1) is 19.1. The Morgan fingerprint density at radius 3 is 2.62 bits per heavy atom. The summed E-state index contributed by atoms with van der Waals surface area (Å²) in [7, 11) is 0. The number of urea groups is 1. The van der Waals surface area contributed by atoms with E-state index in [0.717, 1.165) is 40.7 Å². The van der Waals surface area contributed by atoms with E-state index in [2.05, 4.69) is 10.3 Å². The first-order valence-electron chi connectivity index (χ1n) is 9.96. The minimum atomic E-state index is -0.182. The number of aromatic amines is 1. The highest BCUT2D eigenvalue weighted by atomic mass is 16.5. The molecule has 6 nitrogen and oxygen atoms in total. The Bertz CT molecular complexity index is 1080. The number of nitrogens with one attached hydrogen (secondary N) is 2. The van der Waals surface area contributed by atoms with Crippen molar-refractivity contribution in [2.24, 2.45) is 0 Å². The van der Waals surface area contributed by atoms with Crippen LogP contribution in [0, 0.1) is 6.92 Å². The van der Waals surface area contributed by atoms with Crippen LogP contribution in [0.4, 0.5) is 10.5 Å². The van der Waals surface area contributed by atoms with Crippen LogP contribution in [0.25, 0.3) is 10.9 Å². The van der Waals surface area contributed by atoms with Gasteiger partial charge in [0.15, 0.2) is 0 Å². The van der Waals surface area contributed by atoms with Crippen molar-refractivity contribution >= 4 is 22.6 Å². The van der Waals surface area contributed by atoms with Gasteiger partial charge in [0.2, 0.25) is 0 Å². The van der Waals surface area contributed by atoms with Crippen LogP contribution < -0.4 is 15.6 Å². The summed E-state index contributed by atoms with van der Waals surface area (Å²) in [6.45, 7) is 4.79. The number of hydrogen-bond acceptors (Lipinski definition) is 3. The molecule has 1 fully saturated rings. The molecule has 150 valence electrons. The lowest BCUT2D eigenvalue weighted by atomic mass is 10.1. The van der Waals surface area contributed by atoms with Gasteiger partial charge in [-0.3, -0.25) is 4.79 Å². The van der Waals surface area contributed by atoms with Crippen molar-refractivity contribution in [1.82, 2.24) is 9.88 Å². The minimum absolute atomic E-state index is 0.171. The lowest BCUT2D eigenvalue weighted by Crippen LogP contribution is -2.37. The van der Waals surface area contributed by atoms with Crippen molar-refractivity contribution in [3.8, 4) is 5.75 Å². The number of carbonyl (C=O) groups is 1. The number of pyridine rings is 1. The Labute approximate surface area is 169 Å². The molecule has 0 saturated heterocycles. The molecule has 4 rings (SSSR count). The maximum atomic E-state index is 12.9. The van der Waals surface area contributed by atoms with Crippen LogP contribution in [0.5, 0.6) is 5.75 Å². The number of nitrogens with zero attached hydrogens (tertiary/aromatic N) is 1. The molecule has 0 atom stereocenters. The summed E-state index contributed by atoms with van der Waals surface area (Å²) < 4.78 is 5.56. The van der Waals surface area contributed by atoms with Crippen molar-refractivity contribution in [2.75, 3.05) is 11.9 Å². The summed E-state index contributed by atoms with van der Waals surface area (Å²) in [5, 5.41) is 3.84. The highest BCUT2D eigenvalue weighted by Gasteiger charge is 2.33. The zero-order chi connectivity index (χ0) is 20.4. The Hall–Kier alpha value is -3.28. The zero-order valence-corrected chi connectivity index (χ0v) is 16.7. The molecule has 2 aromatic carbocycles. The van der Waals surface area contributed by atoms with Gasteiger partial charge in [-0.05, 0) is 63.1 Å². The average Bonchev–Trinajstić information content (AvgIpc) is 3.53. The van der Waals surface area contributed by atoms with Gasteiger partial charge in [-0.25, -0.2) is 4.79 Å². The maximum absolute atomic E-state index is 12.9. The first-order valence-corrected chi connectivity index (χ1v) is 9.96. The van der Waals surface area contributed by atoms with Crippen LogP contribution in [0.2, 0.25) is 0 Å². The Balaban J connectivity index is 1.58. The molecule has 2 amide bonds. The third-order valence-corrected chi connectivity index (χ3v) is 5.10. The number of fused-ring (bicyclic) bond motifs is 1. The van der Waals surface area contributed by atoms with Crippen molar-refractivity contribution in [3.63, 3.8) is 0 Å². The first-order chi connectivity index (χ1) is 14.0. The summed E-state index contributed by atoms with van der Waals surface area (Å²) in [5.74, 6) is 0.758. The molecule has 6 heteroatoms. The Kier molecular flexibility index (Phi) is 5.25. The third-order valence-electron chi connectivity index (χ3n) is 5.10. The number of ether oxygens (including phenoxy) is 1. The van der Waals surface area contributed by atoms with E-state index in [1.807, 2.05) is 62.4 Å². The molecule has 3 aromatic rings. The van der Waals surface area contributed by atoms with E-state index >= 15 is 0 Å². The number of anilines is 1. The molecular weight excluding hydrogens is 366 g/mol.